The summed E-state index contributed by atoms with van der Waals surface area (Å²) in [5, 5.41) is 30.6. The first-order chi connectivity index (χ1) is 37.3. The van der Waals surface area contributed by atoms with Gasteiger partial charge in [-0.2, -0.15) is 0 Å². The Labute approximate surface area is 471 Å². The van der Waals surface area contributed by atoms with Crippen molar-refractivity contribution in [1.82, 2.24) is 21.3 Å². The van der Waals surface area contributed by atoms with Gasteiger partial charge in [-0.05, 0) is 81.8 Å². The van der Waals surface area contributed by atoms with Crippen molar-refractivity contribution in [1.29, 1.82) is 0 Å². The number of carbonyl (C=O) groups is 6. The standard InChI is InChI=1S/C60H98N4O15/c1-15-50(67)61-24-30-74-54(45-18-16-43(8)17-19-45)75-31-25-62-51(68)44(9)58(10,11)39-60(13,57(72)79-35-29-66)38-49(42(6)7)53(70)64-27-33-77-55(46-20-22-47(73-14)23-21-46)76-32-26-63-52(69)48(41(4)5)37-59(12,36-40(2)3)56(71)78-34-28-65/h16-23,40-42,44,48-49,54-55,65-66H,15,24-39H2,1-14H3,(H,61,67)(H,62,68)(H,63,69)(H,64,70). The van der Waals surface area contributed by atoms with Crippen LogP contribution in [0.4, 0.5) is 0 Å². The molecular weight excluding hydrogens is 1020 g/mol. The smallest absolute Gasteiger partial charge is 0.311 e. The zero-order chi connectivity index (χ0) is 59.3. The summed E-state index contributed by atoms with van der Waals surface area (Å²) in [5.41, 5.74) is -0.453. The van der Waals surface area contributed by atoms with Gasteiger partial charge in [0.05, 0.1) is 57.6 Å². The second kappa shape index (κ2) is 35.5. The number of hydrogen-bond acceptors (Lipinski definition) is 15. The molecule has 0 aliphatic rings. The van der Waals surface area contributed by atoms with Gasteiger partial charge in [-0.25, -0.2) is 0 Å². The maximum Gasteiger partial charge on any atom is 0.311 e. The third-order valence-corrected chi connectivity index (χ3v) is 14.3. The lowest BCUT2D eigenvalue weighted by Crippen LogP contribution is -2.46. The van der Waals surface area contributed by atoms with Crippen LogP contribution in [0.2, 0.25) is 0 Å². The van der Waals surface area contributed by atoms with Crippen LogP contribution in [0.25, 0.3) is 0 Å². The van der Waals surface area contributed by atoms with E-state index in [1.54, 1.807) is 52.1 Å². The summed E-state index contributed by atoms with van der Waals surface area (Å²) < 4.78 is 40.8. The molecule has 4 amide bonds. The van der Waals surface area contributed by atoms with Crippen molar-refractivity contribution in [3.63, 3.8) is 0 Å². The average Bonchev–Trinajstić information content (AvgIpc) is 3.43. The molecule has 7 unspecified atom stereocenters. The minimum atomic E-state index is -1.26. The molecule has 448 valence electrons. The van der Waals surface area contributed by atoms with Crippen molar-refractivity contribution < 1.29 is 72.1 Å². The topological polar surface area (TPSA) is 256 Å². The Morgan fingerprint density at radius 3 is 1.32 bits per heavy atom. The number of nitrogens with one attached hydrogen (secondary N) is 4. The molecule has 0 bridgehead atoms. The van der Waals surface area contributed by atoms with Crippen LogP contribution in [0.5, 0.6) is 5.75 Å². The zero-order valence-corrected chi connectivity index (χ0v) is 50.0. The molecule has 0 aliphatic carbocycles. The first-order valence-electron chi connectivity index (χ1n) is 28.1. The molecule has 0 heterocycles. The fourth-order valence-corrected chi connectivity index (χ4v) is 9.63. The monoisotopic (exact) mass is 1110 g/mol. The predicted octanol–water partition coefficient (Wildman–Crippen LogP) is 7.15. The minimum Gasteiger partial charge on any atom is -0.497 e. The molecule has 0 spiro atoms. The second-order valence-electron chi connectivity index (χ2n) is 22.8. The average molecular weight is 1120 g/mol. The summed E-state index contributed by atoms with van der Waals surface area (Å²) >= 11 is 0. The van der Waals surface area contributed by atoms with Crippen molar-refractivity contribution in [2.45, 2.75) is 135 Å². The maximum absolute atomic E-state index is 14.1. The van der Waals surface area contributed by atoms with Gasteiger partial charge in [-0.1, -0.05) is 111 Å². The number of rotatable bonds is 40. The van der Waals surface area contributed by atoms with Crippen LogP contribution in [-0.4, -0.2) is 132 Å². The summed E-state index contributed by atoms with van der Waals surface area (Å²) in [5.74, 6) is -3.22. The van der Waals surface area contributed by atoms with Crippen LogP contribution in [-0.2, 0) is 57.2 Å². The van der Waals surface area contributed by atoms with Crippen molar-refractivity contribution >= 4 is 35.6 Å². The van der Waals surface area contributed by atoms with Gasteiger partial charge in [-0.3, -0.25) is 28.8 Å². The molecule has 0 radical (unpaired) electrons. The molecule has 0 saturated heterocycles. The highest BCUT2D eigenvalue weighted by Gasteiger charge is 2.47. The van der Waals surface area contributed by atoms with Gasteiger partial charge < -0.3 is 64.6 Å². The van der Waals surface area contributed by atoms with E-state index in [2.05, 4.69) is 21.3 Å². The van der Waals surface area contributed by atoms with E-state index in [0.29, 0.717) is 30.7 Å². The highest BCUT2D eigenvalue weighted by molar-refractivity contribution is 5.83. The predicted molar refractivity (Wildman–Crippen MR) is 301 cm³/mol. The third-order valence-electron chi connectivity index (χ3n) is 14.3. The van der Waals surface area contributed by atoms with Gasteiger partial charge in [0.2, 0.25) is 23.6 Å². The van der Waals surface area contributed by atoms with Gasteiger partial charge in [0.15, 0.2) is 12.6 Å². The Hall–Kier alpha value is -5.18. The summed E-state index contributed by atoms with van der Waals surface area (Å²) in [6.07, 6.45) is -0.229. The minimum absolute atomic E-state index is 0.0364. The number of amides is 4. The number of aliphatic hydroxyl groups is 2. The van der Waals surface area contributed by atoms with Crippen LogP contribution in [0, 0.1) is 58.7 Å². The lowest BCUT2D eigenvalue weighted by Gasteiger charge is -2.40. The summed E-state index contributed by atoms with van der Waals surface area (Å²) in [7, 11) is 1.56. The van der Waals surface area contributed by atoms with E-state index in [1.807, 2.05) is 93.5 Å². The molecule has 19 heteroatoms. The van der Waals surface area contributed by atoms with Crippen LogP contribution < -0.4 is 26.0 Å². The van der Waals surface area contributed by atoms with Gasteiger partial charge in [0.25, 0.3) is 0 Å². The van der Waals surface area contributed by atoms with E-state index in [0.717, 1.165) is 11.1 Å². The molecule has 2 aromatic carbocycles. The van der Waals surface area contributed by atoms with E-state index in [4.69, 9.17) is 33.2 Å². The van der Waals surface area contributed by atoms with Crippen LogP contribution in [0.3, 0.4) is 0 Å². The Balaban J connectivity index is 2.15. The Morgan fingerprint density at radius 1 is 0.532 bits per heavy atom. The molecule has 19 nitrogen and oxygen atoms in total. The largest absolute Gasteiger partial charge is 0.497 e. The third kappa shape index (κ3) is 24.6. The normalized spacial score (nSPS) is 15.2. The summed E-state index contributed by atoms with van der Waals surface area (Å²) in [6, 6.07) is 14.9. The van der Waals surface area contributed by atoms with E-state index >= 15 is 0 Å². The fourth-order valence-electron chi connectivity index (χ4n) is 9.63. The number of aryl methyl sites for hydroxylation is 1. The molecule has 0 fully saturated rings. The number of benzene rings is 2. The SMILES string of the molecule is CCC(=O)NCCOC(OCCNC(=O)C(C)C(C)(C)CC(C)(CC(C(=O)NCCOC(OCCNC(=O)C(CC(C)(CC(C)C)C(=O)OCCO)C(C)C)c1ccc(OC)cc1)C(C)C)C(=O)OCCO)c1ccc(C)cc1. The molecular formula is C60H98N4O15. The Kier molecular flexibility index (Phi) is 31.4. The van der Waals surface area contributed by atoms with Crippen LogP contribution >= 0.6 is 0 Å². The molecule has 7 atom stereocenters. The number of methoxy groups -OCH3 is 1. The Morgan fingerprint density at radius 2 is 0.924 bits per heavy atom. The van der Waals surface area contributed by atoms with Gasteiger partial charge in [0, 0.05) is 61.5 Å². The number of esters is 2. The maximum atomic E-state index is 14.1. The highest BCUT2D eigenvalue weighted by atomic mass is 16.7. The van der Waals surface area contributed by atoms with E-state index in [9.17, 15) is 39.0 Å². The first kappa shape index (κ1) is 69.9. The van der Waals surface area contributed by atoms with Crippen molar-refractivity contribution in [3.8, 4) is 5.75 Å². The number of ether oxygens (including phenoxy) is 7. The summed E-state index contributed by atoms with van der Waals surface area (Å²) in [4.78, 5) is 80.5. The second-order valence-corrected chi connectivity index (χ2v) is 22.8. The van der Waals surface area contributed by atoms with Crippen molar-refractivity contribution in [3.05, 3.63) is 65.2 Å². The highest BCUT2D eigenvalue weighted by Crippen LogP contribution is 2.45. The van der Waals surface area contributed by atoms with Crippen LogP contribution in [0.15, 0.2) is 48.5 Å². The fraction of sp³-hybridized carbons (Fsp3) is 0.700. The molecule has 0 aromatic heterocycles. The zero-order valence-electron chi connectivity index (χ0n) is 50.0. The van der Waals surface area contributed by atoms with Crippen molar-refractivity contribution in [2.75, 3.05) is 86.1 Å². The number of carbonyl (C=O) groups excluding carboxylic acids is 6. The van der Waals surface area contributed by atoms with E-state index in [1.165, 1.54) is 0 Å². The molecule has 2 aromatic rings. The molecule has 79 heavy (non-hydrogen) atoms. The Bertz CT molecular complexity index is 2140. The van der Waals surface area contributed by atoms with E-state index < -0.39 is 58.5 Å². The summed E-state index contributed by atoms with van der Waals surface area (Å²) in [6.45, 7) is 24.7. The number of aliphatic hydroxyl groups excluding tert-OH is 2. The molecule has 0 saturated carbocycles. The molecule has 6 N–H and O–H groups in total. The van der Waals surface area contributed by atoms with E-state index in [-0.39, 0.29) is 133 Å². The lowest BCUT2D eigenvalue weighted by molar-refractivity contribution is -0.161. The quantitative estimate of drug-likeness (QED) is 0.0220. The van der Waals surface area contributed by atoms with Gasteiger partial charge in [-0.15, -0.1) is 0 Å². The number of hydrogen-bond donors (Lipinski definition) is 6. The van der Waals surface area contributed by atoms with Crippen LogP contribution in [0.1, 0.15) is 144 Å². The molecule has 0 aliphatic heterocycles. The van der Waals surface area contributed by atoms with Crippen molar-refractivity contribution in [2.24, 2.45) is 51.8 Å². The first-order valence-corrected chi connectivity index (χ1v) is 28.1. The van der Waals surface area contributed by atoms with Gasteiger partial charge >= 0.3 is 11.9 Å². The molecule has 2 rings (SSSR count). The lowest BCUT2D eigenvalue weighted by atomic mass is 9.64. The van der Waals surface area contributed by atoms with Gasteiger partial charge in [0.1, 0.15) is 19.0 Å².